The van der Waals surface area contributed by atoms with E-state index in [1.807, 2.05) is 4.90 Å². The number of aryl methyl sites for hydroxylation is 1. The zero-order chi connectivity index (χ0) is 19.9. The van der Waals surface area contributed by atoms with Crippen LogP contribution in [0.3, 0.4) is 0 Å². The van der Waals surface area contributed by atoms with Crippen LogP contribution in [0.4, 0.5) is 18.9 Å². The van der Waals surface area contributed by atoms with Gasteiger partial charge in [0.15, 0.2) is 5.69 Å². The summed E-state index contributed by atoms with van der Waals surface area (Å²) in [5, 5.41) is 4.02. The molecule has 2 aliphatic rings. The van der Waals surface area contributed by atoms with Gasteiger partial charge in [0, 0.05) is 43.9 Å². The van der Waals surface area contributed by atoms with E-state index >= 15 is 0 Å². The number of amides is 1. The molecule has 5 nitrogen and oxygen atoms in total. The largest absolute Gasteiger partial charge is 0.416 e. The summed E-state index contributed by atoms with van der Waals surface area (Å²) in [5.41, 5.74) is 1.18. The third-order valence-electron chi connectivity index (χ3n) is 5.59. The Bertz CT molecular complexity index is 870. The summed E-state index contributed by atoms with van der Waals surface area (Å²) in [4.78, 5) is 16.5. The Morgan fingerprint density at radius 2 is 1.96 bits per heavy atom. The highest BCUT2D eigenvalue weighted by Gasteiger charge is 2.33. The molecule has 1 saturated heterocycles. The normalized spacial score (nSPS) is 20.2. The lowest BCUT2D eigenvalue weighted by Gasteiger charge is -2.36. The van der Waals surface area contributed by atoms with Crippen molar-refractivity contribution in [2.45, 2.75) is 32.4 Å². The summed E-state index contributed by atoms with van der Waals surface area (Å²) in [5.74, 6) is 1.16. The Morgan fingerprint density at radius 3 is 2.68 bits per heavy atom. The molecule has 4 rings (SSSR count). The van der Waals surface area contributed by atoms with Gasteiger partial charge in [0.25, 0.3) is 5.91 Å². The van der Waals surface area contributed by atoms with Crippen molar-refractivity contribution in [3.05, 3.63) is 46.8 Å². The lowest BCUT2D eigenvalue weighted by Crippen LogP contribution is -2.49. The second kappa shape index (κ2) is 7.14. The number of halogens is 3. The standard InChI is InChI=1S/C20H22F3N3O2/c1-13-5-6-17-16(11-13)18(24-28-17)19(27)26-9-7-25(8-10-26)15-4-2-3-14(12-15)20(21,22)23/h2-4,12-13H,5-11H2,1H3/t13-/m0/s1. The van der Waals surface area contributed by atoms with Crippen LogP contribution < -0.4 is 4.90 Å². The number of nitrogens with zero attached hydrogens (tertiary/aromatic N) is 3. The van der Waals surface area contributed by atoms with Crippen molar-refractivity contribution in [3.8, 4) is 0 Å². The first-order valence-electron chi connectivity index (χ1n) is 9.52. The van der Waals surface area contributed by atoms with Crippen LogP contribution in [0.1, 0.15) is 40.7 Å². The van der Waals surface area contributed by atoms with E-state index in [1.165, 1.54) is 6.07 Å². The highest BCUT2D eigenvalue weighted by molar-refractivity contribution is 5.94. The van der Waals surface area contributed by atoms with Gasteiger partial charge in [-0.15, -0.1) is 0 Å². The van der Waals surface area contributed by atoms with Crippen LogP contribution in [-0.2, 0) is 19.0 Å². The van der Waals surface area contributed by atoms with E-state index in [-0.39, 0.29) is 5.91 Å². The molecule has 0 saturated carbocycles. The van der Waals surface area contributed by atoms with Crippen molar-refractivity contribution in [1.29, 1.82) is 0 Å². The molecule has 0 bridgehead atoms. The van der Waals surface area contributed by atoms with Crippen LogP contribution in [0.2, 0.25) is 0 Å². The van der Waals surface area contributed by atoms with E-state index in [1.54, 1.807) is 11.0 Å². The first kappa shape index (κ1) is 18.8. The molecule has 1 aromatic heterocycles. The zero-order valence-electron chi connectivity index (χ0n) is 15.6. The van der Waals surface area contributed by atoms with Gasteiger partial charge in [0.05, 0.1) is 5.56 Å². The number of hydrogen-bond donors (Lipinski definition) is 0. The number of rotatable bonds is 2. The fraction of sp³-hybridized carbons (Fsp3) is 0.500. The predicted octanol–water partition coefficient (Wildman–Crippen LogP) is 3.78. The number of fused-ring (bicyclic) bond motifs is 1. The van der Waals surface area contributed by atoms with Crippen molar-refractivity contribution >= 4 is 11.6 Å². The van der Waals surface area contributed by atoms with E-state index in [9.17, 15) is 18.0 Å². The molecule has 1 aliphatic carbocycles. The third kappa shape index (κ3) is 3.59. The Morgan fingerprint density at radius 1 is 1.21 bits per heavy atom. The van der Waals surface area contributed by atoms with E-state index < -0.39 is 11.7 Å². The van der Waals surface area contributed by atoms with Crippen molar-refractivity contribution in [2.24, 2.45) is 5.92 Å². The lowest BCUT2D eigenvalue weighted by molar-refractivity contribution is -0.137. The van der Waals surface area contributed by atoms with Crippen molar-refractivity contribution in [1.82, 2.24) is 10.1 Å². The van der Waals surface area contributed by atoms with Gasteiger partial charge in [-0.25, -0.2) is 0 Å². The number of aromatic nitrogens is 1. The van der Waals surface area contributed by atoms with Crippen molar-refractivity contribution in [3.63, 3.8) is 0 Å². The molecule has 1 atom stereocenters. The Labute approximate surface area is 161 Å². The van der Waals surface area contributed by atoms with E-state index in [2.05, 4.69) is 12.1 Å². The van der Waals surface area contributed by atoms with Crippen LogP contribution in [0.5, 0.6) is 0 Å². The summed E-state index contributed by atoms with van der Waals surface area (Å²) in [6.07, 6.45) is -1.73. The van der Waals surface area contributed by atoms with Crippen molar-refractivity contribution in [2.75, 3.05) is 31.1 Å². The average molecular weight is 393 g/mol. The van der Waals surface area contributed by atoms with Crippen LogP contribution >= 0.6 is 0 Å². The molecule has 8 heteroatoms. The number of carbonyl (C=O) groups excluding carboxylic acids is 1. The molecule has 0 spiro atoms. The number of anilines is 1. The minimum Gasteiger partial charge on any atom is -0.368 e. The summed E-state index contributed by atoms with van der Waals surface area (Å²) in [6, 6.07) is 5.31. The fourth-order valence-corrected chi connectivity index (χ4v) is 3.94. The maximum absolute atomic E-state index is 12.9. The third-order valence-corrected chi connectivity index (χ3v) is 5.59. The molecule has 28 heavy (non-hydrogen) atoms. The molecule has 1 fully saturated rings. The minimum absolute atomic E-state index is 0.150. The maximum Gasteiger partial charge on any atom is 0.416 e. The maximum atomic E-state index is 12.9. The fourth-order valence-electron chi connectivity index (χ4n) is 3.94. The number of carbonyl (C=O) groups is 1. The molecule has 0 unspecified atom stereocenters. The smallest absolute Gasteiger partial charge is 0.368 e. The topological polar surface area (TPSA) is 49.6 Å². The van der Waals surface area contributed by atoms with Gasteiger partial charge in [-0.05, 0) is 37.0 Å². The molecule has 2 heterocycles. The van der Waals surface area contributed by atoms with E-state index in [0.29, 0.717) is 43.5 Å². The molecule has 150 valence electrons. The summed E-state index contributed by atoms with van der Waals surface area (Å²) < 4.78 is 44.2. The van der Waals surface area contributed by atoms with Gasteiger partial charge >= 0.3 is 6.18 Å². The molecule has 1 aromatic carbocycles. The highest BCUT2D eigenvalue weighted by atomic mass is 19.4. The minimum atomic E-state index is -4.36. The number of benzene rings is 1. The van der Waals surface area contributed by atoms with Crippen LogP contribution in [0, 0.1) is 5.92 Å². The predicted molar refractivity (Wildman–Crippen MR) is 97.3 cm³/mol. The van der Waals surface area contributed by atoms with Gasteiger partial charge in [0.2, 0.25) is 0 Å². The first-order valence-corrected chi connectivity index (χ1v) is 9.52. The van der Waals surface area contributed by atoms with Crippen LogP contribution in [0.25, 0.3) is 0 Å². The van der Waals surface area contributed by atoms with Gasteiger partial charge in [0.1, 0.15) is 5.76 Å². The van der Waals surface area contributed by atoms with E-state index in [4.69, 9.17) is 4.52 Å². The molecular formula is C20H22F3N3O2. The van der Waals surface area contributed by atoms with Gasteiger partial charge < -0.3 is 14.3 Å². The molecule has 0 radical (unpaired) electrons. The van der Waals surface area contributed by atoms with Crippen molar-refractivity contribution < 1.29 is 22.5 Å². The second-order valence-corrected chi connectivity index (χ2v) is 7.61. The summed E-state index contributed by atoms with van der Waals surface area (Å²) in [6.45, 7) is 3.98. The monoisotopic (exact) mass is 393 g/mol. The zero-order valence-corrected chi connectivity index (χ0v) is 15.6. The molecule has 1 amide bonds. The van der Waals surface area contributed by atoms with Gasteiger partial charge in [-0.3, -0.25) is 4.79 Å². The Hall–Kier alpha value is -2.51. The number of alkyl halides is 3. The summed E-state index contributed by atoms with van der Waals surface area (Å²) >= 11 is 0. The second-order valence-electron chi connectivity index (χ2n) is 7.61. The van der Waals surface area contributed by atoms with Gasteiger partial charge in [-0.1, -0.05) is 18.1 Å². The molecule has 0 N–H and O–H groups in total. The Balaban J connectivity index is 1.44. The van der Waals surface area contributed by atoms with Crippen LogP contribution in [-0.4, -0.2) is 42.1 Å². The molecule has 1 aliphatic heterocycles. The highest BCUT2D eigenvalue weighted by Crippen LogP contribution is 2.32. The molecule has 2 aromatic rings. The van der Waals surface area contributed by atoms with Gasteiger partial charge in [-0.2, -0.15) is 13.2 Å². The molecular weight excluding hydrogens is 371 g/mol. The first-order chi connectivity index (χ1) is 13.3. The SMILES string of the molecule is C[C@H]1CCc2onc(C(=O)N3CCN(c4cccc(C(F)(F)F)c4)CC3)c2C1. The lowest BCUT2D eigenvalue weighted by atomic mass is 9.88. The number of piperazine rings is 1. The number of hydrogen-bond acceptors (Lipinski definition) is 4. The average Bonchev–Trinajstić information content (AvgIpc) is 3.10. The van der Waals surface area contributed by atoms with Crippen LogP contribution in [0.15, 0.2) is 28.8 Å². The quantitative estimate of drug-likeness (QED) is 0.779. The Kier molecular flexibility index (Phi) is 4.81. The van der Waals surface area contributed by atoms with E-state index in [0.717, 1.165) is 42.7 Å². The summed E-state index contributed by atoms with van der Waals surface area (Å²) in [7, 11) is 0.